The Kier molecular flexibility index (Phi) is 5.02. The Labute approximate surface area is 170 Å². The van der Waals surface area contributed by atoms with Crippen LogP contribution in [0, 0.1) is 0 Å². The number of halogens is 1. The van der Waals surface area contributed by atoms with Crippen molar-refractivity contribution in [1.82, 2.24) is 10.9 Å². The third-order valence-corrected chi connectivity index (χ3v) is 6.22. The summed E-state index contributed by atoms with van der Waals surface area (Å²) in [4.78, 5) is 38.5. The fourth-order valence-corrected chi connectivity index (χ4v) is 4.53. The van der Waals surface area contributed by atoms with Crippen LogP contribution in [0.2, 0.25) is 5.02 Å². The van der Waals surface area contributed by atoms with Crippen LogP contribution in [-0.4, -0.2) is 24.3 Å². The molecule has 3 aromatic rings. The largest absolute Gasteiger partial charge is 0.312 e. The normalized spacial score (nSPS) is 13.8. The Hall–Kier alpha value is -2.90. The van der Waals surface area contributed by atoms with Gasteiger partial charge in [0, 0.05) is 34.3 Å². The molecule has 0 unspecified atom stereocenters. The Balaban J connectivity index is 1.41. The molecule has 0 spiro atoms. The number of carbonyl (C=O) groups excluding carboxylic acids is 3. The highest BCUT2D eigenvalue weighted by molar-refractivity contribution is 7.21. The second-order valence-electron chi connectivity index (χ2n) is 6.35. The minimum atomic E-state index is -0.473. The van der Waals surface area contributed by atoms with Gasteiger partial charge in [0.1, 0.15) is 4.88 Å². The lowest BCUT2D eigenvalue weighted by Crippen LogP contribution is -2.41. The Bertz CT molecular complexity index is 1080. The molecule has 1 fully saturated rings. The predicted molar refractivity (Wildman–Crippen MR) is 110 cm³/mol. The number of benzene rings is 2. The van der Waals surface area contributed by atoms with Crippen LogP contribution in [-0.2, 0) is 4.79 Å². The number of hydrazine groups is 1. The molecule has 1 aliphatic heterocycles. The topological polar surface area (TPSA) is 78.5 Å². The van der Waals surface area contributed by atoms with Gasteiger partial charge in [0.05, 0.1) is 5.02 Å². The van der Waals surface area contributed by atoms with E-state index in [1.54, 1.807) is 29.2 Å². The molecule has 1 saturated heterocycles. The van der Waals surface area contributed by atoms with Gasteiger partial charge in [-0.1, -0.05) is 29.8 Å². The van der Waals surface area contributed by atoms with E-state index in [2.05, 4.69) is 10.9 Å². The van der Waals surface area contributed by atoms with E-state index in [9.17, 15) is 14.4 Å². The molecule has 4 rings (SSSR count). The molecule has 2 aromatic carbocycles. The molecule has 0 radical (unpaired) electrons. The van der Waals surface area contributed by atoms with Crippen molar-refractivity contribution in [1.29, 1.82) is 0 Å². The van der Waals surface area contributed by atoms with Crippen LogP contribution in [0.4, 0.5) is 5.69 Å². The fraction of sp³-hybridized carbons (Fsp3) is 0.150. The second kappa shape index (κ2) is 7.61. The highest BCUT2D eigenvalue weighted by atomic mass is 35.5. The van der Waals surface area contributed by atoms with Crippen LogP contribution >= 0.6 is 22.9 Å². The standard InChI is InChI=1S/C20H16ClN3O3S/c21-17-14-4-1-2-5-15(14)28-18(17)20(27)23-22-19(26)12-7-9-13(10-8-12)24-11-3-6-16(24)25/h1-2,4-5,7-10H,3,6,11H2,(H,22,26)(H,23,27). The van der Waals surface area contributed by atoms with E-state index >= 15 is 0 Å². The van der Waals surface area contributed by atoms with E-state index in [4.69, 9.17) is 11.6 Å². The zero-order chi connectivity index (χ0) is 19.7. The SMILES string of the molecule is O=C(NNC(=O)c1sc2ccccc2c1Cl)c1ccc(N2CCCC2=O)cc1. The van der Waals surface area contributed by atoms with Crippen molar-refractivity contribution >= 4 is 56.4 Å². The van der Waals surface area contributed by atoms with Crippen molar-refractivity contribution in [3.63, 3.8) is 0 Å². The van der Waals surface area contributed by atoms with Crippen LogP contribution in [0.1, 0.15) is 32.9 Å². The Morgan fingerprint density at radius 2 is 1.71 bits per heavy atom. The van der Waals surface area contributed by atoms with Crippen LogP contribution in [0.15, 0.2) is 48.5 Å². The zero-order valence-corrected chi connectivity index (χ0v) is 16.3. The third kappa shape index (κ3) is 3.46. The van der Waals surface area contributed by atoms with Crippen molar-refractivity contribution < 1.29 is 14.4 Å². The summed E-state index contributed by atoms with van der Waals surface area (Å²) in [7, 11) is 0. The number of amides is 3. The first-order valence-corrected chi connectivity index (χ1v) is 9.92. The highest BCUT2D eigenvalue weighted by Gasteiger charge is 2.22. The number of carbonyl (C=O) groups is 3. The van der Waals surface area contributed by atoms with Gasteiger partial charge < -0.3 is 4.90 Å². The van der Waals surface area contributed by atoms with Gasteiger partial charge in [-0.05, 0) is 36.8 Å². The number of fused-ring (bicyclic) bond motifs is 1. The van der Waals surface area contributed by atoms with E-state index < -0.39 is 11.8 Å². The number of thiophene rings is 1. The number of nitrogens with one attached hydrogen (secondary N) is 2. The second-order valence-corrected chi connectivity index (χ2v) is 7.78. The first-order valence-electron chi connectivity index (χ1n) is 8.73. The third-order valence-electron chi connectivity index (χ3n) is 4.55. The molecular formula is C20H16ClN3O3S. The van der Waals surface area contributed by atoms with Crippen molar-refractivity contribution in [3.05, 3.63) is 64.0 Å². The van der Waals surface area contributed by atoms with Crippen molar-refractivity contribution in [3.8, 4) is 0 Å². The fourth-order valence-electron chi connectivity index (χ4n) is 3.12. The Morgan fingerprint density at radius 3 is 2.39 bits per heavy atom. The first kappa shape index (κ1) is 18.5. The minimum absolute atomic E-state index is 0.0877. The smallest absolute Gasteiger partial charge is 0.281 e. The molecule has 1 aromatic heterocycles. The zero-order valence-electron chi connectivity index (χ0n) is 14.7. The summed E-state index contributed by atoms with van der Waals surface area (Å²) in [6.45, 7) is 0.691. The summed E-state index contributed by atoms with van der Waals surface area (Å²) >= 11 is 7.54. The summed E-state index contributed by atoms with van der Waals surface area (Å²) in [5.74, 6) is -0.839. The molecule has 0 bridgehead atoms. The van der Waals surface area contributed by atoms with E-state index in [1.165, 1.54) is 11.3 Å². The molecule has 2 N–H and O–H groups in total. The molecule has 142 valence electrons. The van der Waals surface area contributed by atoms with Gasteiger partial charge in [-0.2, -0.15) is 0 Å². The van der Waals surface area contributed by atoms with Crippen molar-refractivity contribution in [2.24, 2.45) is 0 Å². The number of nitrogens with zero attached hydrogens (tertiary/aromatic N) is 1. The van der Waals surface area contributed by atoms with Crippen molar-refractivity contribution in [2.45, 2.75) is 12.8 Å². The molecule has 6 nitrogen and oxygen atoms in total. The van der Waals surface area contributed by atoms with Gasteiger partial charge in [-0.3, -0.25) is 25.2 Å². The maximum Gasteiger partial charge on any atom is 0.281 e. The lowest BCUT2D eigenvalue weighted by Gasteiger charge is -2.15. The van der Waals surface area contributed by atoms with Crippen LogP contribution in [0.5, 0.6) is 0 Å². The van der Waals surface area contributed by atoms with Crippen LogP contribution < -0.4 is 15.8 Å². The van der Waals surface area contributed by atoms with Gasteiger partial charge >= 0.3 is 0 Å². The quantitative estimate of drug-likeness (QED) is 0.642. The van der Waals surface area contributed by atoms with E-state index in [1.807, 2.05) is 24.3 Å². The van der Waals surface area contributed by atoms with E-state index in [0.29, 0.717) is 28.4 Å². The molecule has 3 amide bonds. The lowest BCUT2D eigenvalue weighted by molar-refractivity contribution is -0.117. The summed E-state index contributed by atoms with van der Waals surface area (Å²) in [6.07, 6.45) is 1.39. The summed E-state index contributed by atoms with van der Waals surface area (Å²) in [6, 6.07) is 14.1. The number of hydrogen-bond acceptors (Lipinski definition) is 4. The molecule has 28 heavy (non-hydrogen) atoms. The maximum atomic E-state index is 12.4. The van der Waals surface area contributed by atoms with Gasteiger partial charge in [0.25, 0.3) is 11.8 Å². The molecule has 0 saturated carbocycles. The monoisotopic (exact) mass is 413 g/mol. The van der Waals surface area contributed by atoms with E-state index in [-0.39, 0.29) is 5.91 Å². The average Bonchev–Trinajstić information content (AvgIpc) is 3.29. The first-order chi connectivity index (χ1) is 13.5. The Morgan fingerprint density at radius 1 is 1.00 bits per heavy atom. The lowest BCUT2D eigenvalue weighted by atomic mass is 10.2. The van der Waals surface area contributed by atoms with Gasteiger partial charge in [0.2, 0.25) is 5.91 Å². The molecule has 1 aliphatic rings. The van der Waals surface area contributed by atoms with Crippen molar-refractivity contribution in [2.75, 3.05) is 11.4 Å². The minimum Gasteiger partial charge on any atom is -0.312 e. The number of rotatable bonds is 3. The molecule has 0 aliphatic carbocycles. The van der Waals surface area contributed by atoms with Gasteiger partial charge in [0.15, 0.2) is 0 Å². The molecule has 0 atom stereocenters. The highest BCUT2D eigenvalue weighted by Crippen LogP contribution is 2.34. The summed E-state index contributed by atoms with van der Waals surface area (Å²) < 4.78 is 0.899. The van der Waals surface area contributed by atoms with Gasteiger partial charge in [-0.25, -0.2) is 0 Å². The van der Waals surface area contributed by atoms with Gasteiger partial charge in [-0.15, -0.1) is 11.3 Å². The predicted octanol–water partition coefficient (Wildman–Crippen LogP) is 3.76. The maximum absolute atomic E-state index is 12.4. The molecule has 8 heteroatoms. The average molecular weight is 414 g/mol. The number of anilines is 1. The molecule has 2 heterocycles. The van der Waals surface area contributed by atoms with E-state index in [0.717, 1.165) is 22.2 Å². The van der Waals surface area contributed by atoms with Crippen LogP contribution in [0.25, 0.3) is 10.1 Å². The molecular weight excluding hydrogens is 398 g/mol. The van der Waals surface area contributed by atoms with Crippen LogP contribution in [0.3, 0.4) is 0 Å². The number of hydrogen-bond donors (Lipinski definition) is 2. The summed E-state index contributed by atoms with van der Waals surface area (Å²) in [5, 5.41) is 1.17. The summed E-state index contributed by atoms with van der Waals surface area (Å²) in [5.41, 5.74) is 5.93.